The summed E-state index contributed by atoms with van der Waals surface area (Å²) in [5.74, 6) is 2.44. The predicted molar refractivity (Wildman–Crippen MR) is 115 cm³/mol. The van der Waals surface area contributed by atoms with Crippen molar-refractivity contribution in [3.05, 3.63) is 53.9 Å². The van der Waals surface area contributed by atoms with E-state index in [9.17, 15) is 4.79 Å². The molecule has 2 aromatic carbocycles. The van der Waals surface area contributed by atoms with E-state index in [1.165, 1.54) is 5.52 Å². The molecule has 6 nitrogen and oxygen atoms in total. The lowest BCUT2D eigenvalue weighted by molar-refractivity contribution is -0.120. The van der Waals surface area contributed by atoms with Crippen LogP contribution in [0.4, 0.5) is 0 Å². The van der Waals surface area contributed by atoms with Gasteiger partial charge in [0.15, 0.2) is 11.5 Å². The molecular weight excluding hydrogens is 366 g/mol. The molecule has 0 bridgehead atoms. The monoisotopic (exact) mass is 395 g/mol. The molecule has 0 atom stereocenters. The Labute approximate surface area is 171 Å². The third-order valence-electron chi connectivity index (χ3n) is 5.09. The molecule has 1 amide bonds. The van der Waals surface area contributed by atoms with Crippen molar-refractivity contribution in [3.8, 4) is 11.5 Å². The van der Waals surface area contributed by atoms with Gasteiger partial charge in [0.1, 0.15) is 5.82 Å². The van der Waals surface area contributed by atoms with Crippen molar-refractivity contribution in [1.29, 1.82) is 0 Å². The van der Waals surface area contributed by atoms with E-state index >= 15 is 0 Å². The normalized spacial score (nSPS) is 10.9. The number of hydrogen-bond acceptors (Lipinski definition) is 4. The molecule has 0 saturated heterocycles. The molecule has 0 unspecified atom stereocenters. The highest BCUT2D eigenvalue weighted by Gasteiger charge is 2.09. The molecule has 154 valence electrons. The maximum atomic E-state index is 12.2. The number of carbonyl (C=O) groups excluding carboxylic acids is 1. The minimum Gasteiger partial charge on any atom is -0.493 e. The highest BCUT2D eigenvalue weighted by molar-refractivity contribution is 5.78. The van der Waals surface area contributed by atoms with E-state index in [4.69, 9.17) is 14.5 Å². The van der Waals surface area contributed by atoms with Crippen LogP contribution in [0.1, 0.15) is 30.7 Å². The average molecular weight is 396 g/mol. The van der Waals surface area contributed by atoms with Crippen molar-refractivity contribution < 1.29 is 14.3 Å². The van der Waals surface area contributed by atoms with Gasteiger partial charge in [-0.05, 0) is 42.7 Å². The Balaban J connectivity index is 1.37. The molecule has 3 aromatic rings. The summed E-state index contributed by atoms with van der Waals surface area (Å²) in [6.07, 6.45) is 4.36. The largest absolute Gasteiger partial charge is 0.493 e. The van der Waals surface area contributed by atoms with Crippen LogP contribution in [0.3, 0.4) is 0 Å². The fourth-order valence-corrected chi connectivity index (χ4v) is 3.47. The molecule has 0 aliphatic heterocycles. The lowest BCUT2D eigenvalue weighted by Crippen LogP contribution is -2.26. The van der Waals surface area contributed by atoms with Crippen molar-refractivity contribution in [2.75, 3.05) is 20.8 Å². The summed E-state index contributed by atoms with van der Waals surface area (Å²) in [4.78, 5) is 16.9. The second-order valence-electron chi connectivity index (χ2n) is 7.10. The van der Waals surface area contributed by atoms with Crippen LogP contribution >= 0.6 is 0 Å². The number of aryl methyl sites for hydroxylation is 2. The minimum atomic E-state index is 0.0209. The Hall–Kier alpha value is -3.02. The number of fused-ring (bicyclic) bond motifs is 1. The summed E-state index contributed by atoms with van der Waals surface area (Å²) in [7, 11) is 5.26. The number of hydrogen-bond donors (Lipinski definition) is 1. The fraction of sp³-hybridized carbons (Fsp3) is 0.391. The number of aromatic nitrogens is 2. The fourth-order valence-electron chi connectivity index (χ4n) is 3.47. The van der Waals surface area contributed by atoms with Crippen LogP contribution in [0.2, 0.25) is 0 Å². The lowest BCUT2D eigenvalue weighted by atomic mass is 10.1. The van der Waals surface area contributed by atoms with Gasteiger partial charge in [-0.3, -0.25) is 4.79 Å². The van der Waals surface area contributed by atoms with Gasteiger partial charge in [-0.2, -0.15) is 0 Å². The number of carbonyl (C=O) groups is 1. The summed E-state index contributed by atoms with van der Waals surface area (Å²) >= 11 is 0. The first-order chi connectivity index (χ1) is 14.1. The Bertz CT molecular complexity index is 965. The highest BCUT2D eigenvalue weighted by Crippen LogP contribution is 2.27. The van der Waals surface area contributed by atoms with Gasteiger partial charge in [0.25, 0.3) is 0 Å². The number of imidazole rings is 1. The van der Waals surface area contributed by atoms with Crippen LogP contribution in [-0.2, 0) is 24.7 Å². The molecule has 0 aliphatic carbocycles. The van der Waals surface area contributed by atoms with Crippen molar-refractivity contribution in [3.63, 3.8) is 0 Å². The molecule has 0 saturated carbocycles. The second-order valence-corrected chi connectivity index (χ2v) is 7.10. The van der Waals surface area contributed by atoms with E-state index in [-0.39, 0.29) is 5.91 Å². The van der Waals surface area contributed by atoms with Gasteiger partial charge in [-0.1, -0.05) is 24.6 Å². The van der Waals surface area contributed by atoms with Crippen LogP contribution < -0.4 is 14.8 Å². The molecule has 0 spiro atoms. The Morgan fingerprint density at radius 1 is 1.03 bits per heavy atom. The quantitative estimate of drug-likeness (QED) is 0.532. The van der Waals surface area contributed by atoms with Crippen molar-refractivity contribution in [1.82, 2.24) is 14.9 Å². The van der Waals surface area contributed by atoms with Crippen LogP contribution in [0.5, 0.6) is 11.5 Å². The molecule has 3 rings (SSSR count). The molecule has 0 radical (unpaired) electrons. The molecule has 0 fully saturated rings. The molecule has 1 aromatic heterocycles. The smallest absolute Gasteiger partial charge is 0.224 e. The summed E-state index contributed by atoms with van der Waals surface area (Å²) in [5.41, 5.74) is 3.12. The standard InChI is InChI=1S/C23H29N3O3/c1-26-19-10-7-6-9-18(19)25-22(26)11-5-4-8-14-24-23(27)16-17-12-13-20(28-2)21(15-17)29-3/h6-7,9-10,12-13,15H,4-5,8,11,14,16H2,1-3H3,(H,24,27). The van der Waals surface area contributed by atoms with Gasteiger partial charge < -0.3 is 19.4 Å². The Kier molecular flexibility index (Phi) is 7.11. The summed E-state index contributed by atoms with van der Waals surface area (Å²) < 4.78 is 12.7. The summed E-state index contributed by atoms with van der Waals surface area (Å²) in [6, 6.07) is 13.8. The van der Waals surface area contributed by atoms with E-state index in [0.29, 0.717) is 24.5 Å². The number of unbranched alkanes of at least 4 members (excludes halogenated alkanes) is 2. The van der Waals surface area contributed by atoms with E-state index in [1.54, 1.807) is 14.2 Å². The number of nitrogens with zero attached hydrogens (tertiary/aromatic N) is 2. The summed E-state index contributed by atoms with van der Waals surface area (Å²) in [6.45, 7) is 0.689. The predicted octanol–water partition coefficient (Wildman–Crippen LogP) is 3.66. The number of benzene rings is 2. The number of rotatable bonds is 10. The van der Waals surface area contributed by atoms with Crippen molar-refractivity contribution in [2.24, 2.45) is 7.05 Å². The molecule has 29 heavy (non-hydrogen) atoms. The van der Waals surface area contributed by atoms with Gasteiger partial charge in [-0.15, -0.1) is 0 Å². The number of ether oxygens (including phenoxy) is 2. The molecule has 1 heterocycles. The van der Waals surface area contributed by atoms with Crippen LogP contribution in [-0.4, -0.2) is 36.2 Å². The maximum Gasteiger partial charge on any atom is 0.224 e. The zero-order valence-electron chi connectivity index (χ0n) is 17.4. The van der Waals surface area contributed by atoms with Crippen molar-refractivity contribution in [2.45, 2.75) is 32.1 Å². The Morgan fingerprint density at radius 2 is 1.83 bits per heavy atom. The topological polar surface area (TPSA) is 65.4 Å². The van der Waals surface area contributed by atoms with E-state index in [1.807, 2.05) is 36.4 Å². The van der Waals surface area contributed by atoms with Crippen LogP contribution in [0.15, 0.2) is 42.5 Å². The highest BCUT2D eigenvalue weighted by atomic mass is 16.5. The summed E-state index contributed by atoms with van der Waals surface area (Å²) in [5, 5.41) is 3.00. The number of para-hydroxylation sites is 2. The third kappa shape index (κ3) is 5.28. The van der Waals surface area contributed by atoms with E-state index < -0.39 is 0 Å². The average Bonchev–Trinajstić information content (AvgIpc) is 3.06. The second kappa shape index (κ2) is 9.96. The van der Waals surface area contributed by atoms with Crippen LogP contribution in [0.25, 0.3) is 11.0 Å². The Morgan fingerprint density at radius 3 is 2.59 bits per heavy atom. The van der Waals surface area contributed by atoms with E-state index in [2.05, 4.69) is 23.0 Å². The van der Waals surface area contributed by atoms with Crippen molar-refractivity contribution >= 4 is 16.9 Å². The zero-order chi connectivity index (χ0) is 20.6. The zero-order valence-corrected chi connectivity index (χ0v) is 17.4. The third-order valence-corrected chi connectivity index (χ3v) is 5.09. The van der Waals surface area contributed by atoms with Gasteiger partial charge in [-0.25, -0.2) is 4.98 Å². The van der Waals surface area contributed by atoms with E-state index in [0.717, 1.165) is 42.6 Å². The van der Waals surface area contributed by atoms with Gasteiger partial charge in [0.2, 0.25) is 5.91 Å². The van der Waals surface area contributed by atoms with Gasteiger partial charge in [0, 0.05) is 20.0 Å². The molecule has 6 heteroatoms. The van der Waals surface area contributed by atoms with Gasteiger partial charge >= 0.3 is 0 Å². The first kappa shape index (κ1) is 20.7. The first-order valence-corrected chi connectivity index (χ1v) is 10.0. The SMILES string of the molecule is COc1ccc(CC(=O)NCCCCCc2nc3ccccc3n2C)cc1OC. The number of nitrogens with one attached hydrogen (secondary N) is 1. The van der Waals surface area contributed by atoms with Crippen LogP contribution in [0, 0.1) is 0 Å². The number of amides is 1. The molecule has 0 aliphatic rings. The minimum absolute atomic E-state index is 0.0209. The first-order valence-electron chi connectivity index (χ1n) is 10.0. The maximum absolute atomic E-state index is 12.2. The lowest BCUT2D eigenvalue weighted by Gasteiger charge is -2.10. The molecular formula is C23H29N3O3. The number of methoxy groups -OCH3 is 2. The molecule has 1 N–H and O–H groups in total. The van der Waals surface area contributed by atoms with Gasteiger partial charge in [0.05, 0.1) is 31.7 Å².